The lowest BCUT2D eigenvalue weighted by Gasteiger charge is -2.29. The molecular weight excluding hydrogens is 402 g/mol. The molecule has 7 nitrogen and oxygen atoms in total. The first kappa shape index (κ1) is 20.7. The minimum Gasteiger partial charge on any atom is -0.477 e. The number of ether oxygens (including phenoxy) is 1. The van der Waals surface area contributed by atoms with E-state index in [1.54, 1.807) is 14.0 Å². The largest absolute Gasteiger partial charge is 0.477 e. The Morgan fingerprint density at radius 1 is 1.46 bits per heavy atom. The van der Waals surface area contributed by atoms with Crippen LogP contribution < -0.4 is 5.32 Å². The third kappa shape index (κ3) is 4.19. The number of halogens is 1. The van der Waals surface area contributed by atoms with E-state index in [1.807, 2.05) is 13.0 Å². The van der Waals surface area contributed by atoms with E-state index in [0.29, 0.717) is 40.8 Å². The maximum Gasteiger partial charge on any atom is 0.347 e. The number of thiazole rings is 1. The Bertz CT molecular complexity index is 903. The summed E-state index contributed by atoms with van der Waals surface area (Å²) in [5.74, 6) is -1.20. The summed E-state index contributed by atoms with van der Waals surface area (Å²) in [6, 6.07) is -0.201. The van der Waals surface area contributed by atoms with Crippen molar-refractivity contribution in [3.8, 4) is 0 Å². The number of carbonyl (C=O) groups excluding carboxylic acids is 1. The molecule has 2 N–H and O–H groups in total. The number of rotatable bonds is 6. The number of carboxylic acid groups (broad SMARTS) is 1. The van der Waals surface area contributed by atoms with E-state index >= 15 is 0 Å². The van der Waals surface area contributed by atoms with Gasteiger partial charge in [0.15, 0.2) is 0 Å². The Hall–Kier alpha value is -2.03. The minimum absolute atomic E-state index is 0.201. The van der Waals surface area contributed by atoms with E-state index in [4.69, 9.17) is 16.3 Å². The van der Waals surface area contributed by atoms with Crippen LogP contribution in [0.5, 0.6) is 0 Å². The van der Waals surface area contributed by atoms with E-state index in [2.05, 4.69) is 15.3 Å². The first-order valence-corrected chi connectivity index (χ1v) is 10.2. The van der Waals surface area contributed by atoms with Crippen molar-refractivity contribution in [3.63, 3.8) is 0 Å². The summed E-state index contributed by atoms with van der Waals surface area (Å²) in [6.07, 6.45) is 4.15. The first-order valence-electron chi connectivity index (χ1n) is 9.04. The van der Waals surface area contributed by atoms with Gasteiger partial charge in [0.2, 0.25) is 0 Å². The molecule has 0 saturated carbocycles. The Kier molecular flexibility index (Phi) is 6.32. The lowest BCUT2D eigenvalue weighted by Crippen LogP contribution is -2.47. The third-order valence-corrected chi connectivity index (χ3v) is 6.51. The topological polar surface area (TPSA) is 101 Å². The molecular formula is C19H22ClN3O4S. The summed E-state index contributed by atoms with van der Waals surface area (Å²) in [7, 11) is 1.58. The molecule has 9 heteroatoms. The highest BCUT2D eigenvalue weighted by atomic mass is 35.5. The van der Waals surface area contributed by atoms with Gasteiger partial charge in [-0.2, -0.15) is 0 Å². The molecule has 2 atom stereocenters. The number of carbonyl (C=O) groups is 2. The number of nitrogens with zero attached hydrogens (tertiary/aromatic N) is 2. The number of methoxy groups -OCH3 is 1. The van der Waals surface area contributed by atoms with Crippen LogP contribution in [-0.4, -0.2) is 46.9 Å². The zero-order chi connectivity index (χ0) is 20.4. The Morgan fingerprint density at radius 2 is 2.21 bits per heavy atom. The van der Waals surface area contributed by atoms with Gasteiger partial charge in [0.25, 0.3) is 5.91 Å². The zero-order valence-electron chi connectivity index (χ0n) is 15.9. The summed E-state index contributed by atoms with van der Waals surface area (Å²) < 4.78 is 5.56. The standard InChI is InChI=1S/C19H22ClN3O4S/c1-4-10-7-13(22-16(10)20)17(24)23-12-6-5-11(8-14(12)27-3)18-21-9(2)15(28-18)19(25)26/h8,12,14H,4-7H2,1-3H3,(H,23,24)(H,25,26)/t12-,14+/m1/s1. The number of allylic oxidation sites excluding steroid dienone is 2. The van der Waals surface area contributed by atoms with Gasteiger partial charge in [-0.3, -0.25) is 4.79 Å². The maximum atomic E-state index is 12.6. The van der Waals surface area contributed by atoms with Gasteiger partial charge in [-0.25, -0.2) is 14.8 Å². The molecule has 150 valence electrons. The van der Waals surface area contributed by atoms with Crippen LogP contribution in [-0.2, 0) is 9.53 Å². The molecule has 1 aliphatic carbocycles. The molecule has 3 rings (SSSR count). The van der Waals surface area contributed by atoms with Crippen molar-refractivity contribution in [2.45, 2.75) is 51.7 Å². The first-order chi connectivity index (χ1) is 13.3. The van der Waals surface area contributed by atoms with Crippen LogP contribution >= 0.6 is 22.9 Å². The molecule has 0 saturated heterocycles. The summed E-state index contributed by atoms with van der Waals surface area (Å²) >= 11 is 7.23. The number of aryl methyl sites for hydroxylation is 1. The van der Waals surface area contributed by atoms with Crippen LogP contribution in [0.2, 0.25) is 0 Å². The maximum absolute atomic E-state index is 12.6. The van der Waals surface area contributed by atoms with Crippen LogP contribution in [0.4, 0.5) is 0 Å². The van der Waals surface area contributed by atoms with Gasteiger partial charge in [-0.15, -0.1) is 11.3 Å². The van der Waals surface area contributed by atoms with Gasteiger partial charge < -0.3 is 15.2 Å². The Labute approximate surface area is 172 Å². The second-order valence-electron chi connectivity index (χ2n) is 6.73. The third-order valence-electron chi connectivity index (χ3n) is 4.94. The summed E-state index contributed by atoms with van der Waals surface area (Å²) in [5.41, 5.74) is 2.84. The van der Waals surface area contributed by atoms with Gasteiger partial charge in [-0.1, -0.05) is 18.5 Å². The van der Waals surface area contributed by atoms with Gasteiger partial charge >= 0.3 is 5.97 Å². The molecule has 0 radical (unpaired) electrons. The lowest BCUT2D eigenvalue weighted by atomic mass is 9.92. The molecule has 0 unspecified atom stereocenters. The van der Waals surface area contributed by atoms with Crippen molar-refractivity contribution in [3.05, 3.63) is 32.4 Å². The van der Waals surface area contributed by atoms with Crippen molar-refractivity contribution in [1.82, 2.24) is 10.3 Å². The number of aromatic carboxylic acids is 1. The zero-order valence-corrected chi connectivity index (χ0v) is 17.5. The molecule has 0 aromatic carbocycles. The van der Waals surface area contributed by atoms with Crippen LogP contribution in [0.1, 0.15) is 53.0 Å². The van der Waals surface area contributed by atoms with E-state index in [1.165, 1.54) is 0 Å². The number of hydrogen-bond acceptors (Lipinski definition) is 6. The highest BCUT2D eigenvalue weighted by molar-refractivity contribution is 7.14. The summed E-state index contributed by atoms with van der Waals surface area (Å²) in [6.45, 7) is 3.67. The number of hydrogen-bond donors (Lipinski definition) is 2. The lowest BCUT2D eigenvalue weighted by molar-refractivity contribution is -0.116. The van der Waals surface area contributed by atoms with Gasteiger partial charge in [0, 0.05) is 13.5 Å². The number of amides is 1. The second kappa shape index (κ2) is 8.55. The molecule has 0 bridgehead atoms. The van der Waals surface area contributed by atoms with Gasteiger partial charge in [-0.05, 0) is 43.4 Å². The predicted molar refractivity (Wildman–Crippen MR) is 109 cm³/mol. The van der Waals surface area contributed by atoms with Crippen molar-refractivity contribution >= 4 is 46.1 Å². The van der Waals surface area contributed by atoms with Gasteiger partial charge in [0.1, 0.15) is 20.8 Å². The molecule has 1 amide bonds. The predicted octanol–water partition coefficient (Wildman–Crippen LogP) is 3.53. The quantitative estimate of drug-likeness (QED) is 0.681. The van der Waals surface area contributed by atoms with Crippen molar-refractivity contribution < 1.29 is 19.4 Å². The molecule has 28 heavy (non-hydrogen) atoms. The fraction of sp³-hybridized carbons (Fsp3) is 0.474. The smallest absolute Gasteiger partial charge is 0.347 e. The molecule has 0 spiro atoms. The molecule has 1 aromatic rings. The Morgan fingerprint density at radius 3 is 2.79 bits per heavy atom. The second-order valence-corrected chi connectivity index (χ2v) is 8.09. The van der Waals surface area contributed by atoms with Crippen LogP contribution in [0.25, 0.3) is 5.57 Å². The van der Waals surface area contributed by atoms with E-state index < -0.39 is 5.97 Å². The summed E-state index contributed by atoms with van der Waals surface area (Å²) in [4.78, 5) is 32.6. The fourth-order valence-electron chi connectivity index (χ4n) is 3.34. The fourth-order valence-corrected chi connectivity index (χ4v) is 4.60. The number of carboxylic acids is 1. The van der Waals surface area contributed by atoms with Crippen molar-refractivity contribution in [2.24, 2.45) is 4.99 Å². The summed E-state index contributed by atoms with van der Waals surface area (Å²) in [5, 5.41) is 13.3. The average molecular weight is 424 g/mol. The van der Waals surface area contributed by atoms with E-state index in [0.717, 1.165) is 28.9 Å². The molecule has 1 aliphatic heterocycles. The monoisotopic (exact) mass is 423 g/mol. The van der Waals surface area contributed by atoms with Gasteiger partial charge in [0.05, 0.1) is 17.8 Å². The van der Waals surface area contributed by atoms with Crippen molar-refractivity contribution in [2.75, 3.05) is 7.11 Å². The average Bonchev–Trinajstić information content (AvgIpc) is 3.24. The van der Waals surface area contributed by atoms with Crippen LogP contribution in [0.15, 0.2) is 21.8 Å². The molecule has 1 aromatic heterocycles. The van der Waals surface area contributed by atoms with Crippen LogP contribution in [0, 0.1) is 6.92 Å². The highest BCUT2D eigenvalue weighted by Crippen LogP contribution is 2.33. The van der Waals surface area contributed by atoms with Crippen LogP contribution in [0.3, 0.4) is 0 Å². The number of aromatic nitrogens is 1. The van der Waals surface area contributed by atoms with E-state index in [9.17, 15) is 14.7 Å². The number of nitrogens with one attached hydrogen (secondary N) is 1. The van der Waals surface area contributed by atoms with Crippen molar-refractivity contribution in [1.29, 1.82) is 0 Å². The SMILES string of the molecule is CCC1=C(Cl)N=C(C(=O)N[C@@H]2CCC(c3nc(C)c(C(=O)O)s3)=C[C@@H]2OC)C1. The highest BCUT2D eigenvalue weighted by Gasteiger charge is 2.30. The Balaban J connectivity index is 1.71. The molecule has 2 aliphatic rings. The minimum atomic E-state index is -0.970. The van der Waals surface area contributed by atoms with E-state index in [-0.39, 0.29) is 22.9 Å². The molecule has 2 heterocycles. The normalized spacial score (nSPS) is 22.1. The molecule has 0 fully saturated rings. The number of aliphatic imine (C=N–C) groups is 1.